The van der Waals surface area contributed by atoms with Gasteiger partial charge in [-0.05, 0) is 68.8 Å². The SMILES string of the molecule is CC1C(Nc2ccc(N3CCN(C(=O)OC(C)(C)C)C[C@H]3C)cn2)=CC(Br)=CN1C. The van der Waals surface area contributed by atoms with E-state index in [-0.39, 0.29) is 18.2 Å². The van der Waals surface area contributed by atoms with Gasteiger partial charge >= 0.3 is 6.09 Å². The normalized spacial score (nSPS) is 22.4. The van der Waals surface area contributed by atoms with Crippen LogP contribution in [0.5, 0.6) is 0 Å². The molecule has 2 aliphatic heterocycles. The molecule has 2 aliphatic rings. The smallest absolute Gasteiger partial charge is 0.410 e. The van der Waals surface area contributed by atoms with Crippen molar-refractivity contribution < 1.29 is 9.53 Å². The van der Waals surface area contributed by atoms with Gasteiger partial charge in [0.05, 0.1) is 17.9 Å². The summed E-state index contributed by atoms with van der Waals surface area (Å²) in [5.74, 6) is 0.812. The third kappa shape index (κ3) is 5.47. The summed E-state index contributed by atoms with van der Waals surface area (Å²) in [7, 11) is 2.05. The number of halogens is 1. The first kappa shape index (κ1) is 22.5. The van der Waals surface area contributed by atoms with Crippen molar-refractivity contribution in [3.05, 3.63) is 40.8 Å². The van der Waals surface area contributed by atoms with Crippen LogP contribution in [0.25, 0.3) is 0 Å². The van der Waals surface area contributed by atoms with Crippen molar-refractivity contribution in [1.29, 1.82) is 0 Å². The lowest BCUT2D eigenvalue weighted by molar-refractivity contribution is 0.0219. The molecule has 2 atom stereocenters. The van der Waals surface area contributed by atoms with E-state index < -0.39 is 5.60 Å². The number of hydrogen-bond acceptors (Lipinski definition) is 6. The highest BCUT2D eigenvalue weighted by Gasteiger charge is 2.30. The number of allylic oxidation sites excluding steroid dienone is 2. The number of anilines is 2. The van der Waals surface area contributed by atoms with Crippen molar-refractivity contribution in [2.45, 2.75) is 52.3 Å². The molecule has 0 aliphatic carbocycles. The molecule has 0 radical (unpaired) electrons. The number of ether oxygens (including phenoxy) is 1. The molecule has 1 saturated heterocycles. The first-order chi connectivity index (χ1) is 14.0. The molecule has 0 spiro atoms. The maximum atomic E-state index is 12.4. The first-order valence-electron chi connectivity index (χ1n) is 10.3. The molecule has 0 saturated carbocycles. The Morgan fingerprint density at radius 1 is 1.27 bits per heavy atom. The maximum Gasteiger partial charge on any atom is 0.410 e. The molecular weight excluding hydrogens is 446 g/mol. The zero-order chi connectivity index (χ0) is 22.1. The third-order valence-corrected chi connectivity index (χ3v) is 5.75. The number of amides is 1. The molecule has 3 rings (SSSR count). The van der Waals surface area contributed by atoms with Gasteiger partial charge in [0.2, 0.25) is 0 Å². The zero-order valence-electron chi connectivity index (χ0n) is 18.6. The summed E-state index contributed by atoms with van der Waals surface area (Å²) in [5.41, 5.74) is 1.67. The van der Waals surface area contributed by atoms with E-state index >= 15 is 0 Å². The van der Waals surface area contributed by atoms with Gasteiger partial charge in [-0.15, -0.1) is 0 Å². The van der Waals surface area contributed by atoms with Gasteiger partial charge in [-0.3, -0.25) is 0 Å². The second-order valence-corrected chi connectivity index (χ2v) is 9.87. The summed E-state index contributed by atoms with van der Waals surface area (Å²) in [5, 5.41) is 3.43. The third-order valence-electron chi connectivity index (χ3n) is 5.31. The van der Waals surface area contributed by atoms with Gasteiger partial charge in [0, 0.05) is 49.1 Å². The molecule has 7 nitrogen and oxygen atoms in total. The summed E-state index contributed by atoms with van der Waals surface area (Å²) in [6.07, 6.45) is 5.79. The van der Waals surface area contributed by atoms with Gasteiger partial charge in [-0.1, -0.05) is 0 Å². The molecule has 1 amide bonds. The van der Waals surface area contributed by atoms with E-state index in [1.807, 2.05) is 33.0 Å². The van der Waals surface area contributed by atoms with Crippen LogP contribution in [-0.2, 0) is 4.74 Å². The van der Waals surface area contributed by atoms with Gasteiger partial charge < -0.3 is 24.8 Å². The molecule has 1 aromatic rings. The number of pyridine rings is 1. The van der Waals surface area contributed by atoms with Gasteiger partial charge in [-0.2, -0.15) is 0 Å². The quantitative estimate of drug-likeness (QED) is 0.696. The van der Waals surface area contributed by atoms with Crippen molar-refractivity contribution in [1.82, 2.24) is 14.8 Å². The summed E-state index contributed by atoms with van der Waals surface area (Å²) in [6.45, 7) is 12.0. The van der Waals surface area contributed by atoms with Crippen LogP contribution >= 0.6 is 15.9 Å². The highest BCUT2D eigenvalue weighted by molar-refractivity contribution is 9.11. The Morgan fingerprint density at radius 2 is 2.00 bits per heavy atom. The van der Waals surface area contributed by atoms with Gasteiger partial charge in [0.15, 0.2) is 0 Å². The average Bonchev–Trinajstić information content (AvgIpc) is 2.65. The minimum Gasteiger partial charge on any atom is -0.444 e. The molecule has 30 heavy (non-hydrogen) atoms. The summed E-state index contributed by atoms with van der Waals surface area (Å²) >= 11 is 3.55. The van der Waals surface area contributed by atoms with E-state index in [9.17, 15) is 4.79 Å². The lowest BCUT2D eigenvalue weighted by Gasteiger charge is -2.41. The van der Waals surface area contributed by atoms with E-state index in [0.29, 0.717) is 13.1 Å². The molecular formula is C22H32BrN5O2. The molecule has 1 unspecified atom stereocenters. The summed E-state index contributed by atoms with van der Waals surface area (Å²) in [6, 6.07) is 4.51. The Labute approximate surface area is 187 Å². The molecule has 8 heteroatoms. The fourth-order valence-corrected chi connectivity index (χ4v) is 4.15. The van der Waals surface area contributed by atoms with Crippen LogP contribution in [0.4, 0.5) is 16.3 Å². The molecule has 1 N–H and O–H groups in total. The monoisotopic (exact) mass is 477 g/mol. The minimum absolute atomic E-state index is 0.183. The van der Waals surface area contributed by atoms with Gasteiger partial charge in [-0.25, -0.2) is 9.78 Å². The van der Waals surface area contributed by atoms with Crippen LogP contribution in [-0.4, -0.2) is 65.2 Å². The first-order valence-corrected chi connectivity index (χ1v) is 11.1. The zero-order valence-corrected chi connectivity index (χ0v) is 20.2. The van der Waals surface area contributed by atoms with Crippen LogP contribution in [0, 0.1) is 0 Å². The summed E-state index contributed by atoms with van der Waals surface area (Å²) in [4.78, 5) is 23.2. The van der Waals surface area contributed by atoms with Crippen LogP contribution < -0.4 is 10.2 Å². The van der Waals surface area contributed by atoms with E-state index in [0.717, 1.165) is 28.2 Å². The number of aromatic nitrogens is 1. The van der Waals surface area contributed by atoms with Crippen LogP contribution in [0.15, 0.2) is 40.8 Å². The van der Waals surface area contributed by atoms with Crippen molar-refractivity contribution >= 4 is 33.5 Å². The Hall–Kier alpha value is -2.22. The number of piperazine rings is 1. The molecule has 0 aromatic carbocycles. The number of nitrogens with zero attached hydrogens (tertiary/aromatic N) is 4. The van der Waals surface area contributed by atoms with E-state index in [4.69, 9.17) is 4.74 Å². The number of hydrogen-bond donors (Lipinski definition) is 1. The van der Waals surface area contributed by atoms with Crippen molar-refractivity contribution in [3.63, 3.8) is 0 Å². The largest absolute Gasteiger partial charge is 0.444 e. The lowest BCUT2D eigenvalue weighted by atomic mass is 10.1. The molecule has 3 heterocycles. The fourth-order valence-electron chi connectivity index (χ4n) is 3.58. The van der Waals surface area contributed by atoms with Crippen LogP contribution in [0.1, 0.15) is 34.6 Å². The van der Waals surface area contributed by atoms with E-state index in [2.05, 4.69) is 75.3 Å². The standard InChI is InChI=1S/C22H32BrN5O2/c1-15-13-27(21(29)30-22(3,4)5)9-10-28(15)18-7-8-20(24-12-18)25-19-11-17(23)14-26(6)16(19)2/h7-8,11-12,14-16H,9-10,13H2,1-6H3,(H,24,25)/t15-,16?/m1/s1. The van der Waals surface area contributed by atoms with Crippen molar-refractivity contribution in [2.75, 3.05) is 36.9 Å². The number of likely N-dealkylation sites (N-methyl/N-ethyl adjacent to an activating group) is 1. The minimum atomic E-state index is -0.477. The Morgan fingerprint density at radius 3 is 2.60 bits per heavy atom. The predicted octanol–water partition coefficient (Wildman–Crippen LogP) is 4.39. The van der Waals surface area contributed by atoms with Crippen molar-refractivity contribution in [3.8, 4) is 0 Å². The Bertz CT molecular complexity index is 831. The highest BCUT2D eigenvalue weighted by atomic mass is 79.9. The predicted molar refractivity (Wildman–Crippen MR) is 125 cm³/mol. The van der Waals surface area contributed by atoms with Crippen LogP contribution in [0.2, 0.25) is 0 Å². The highest BCUT2D eigenvalue weighted by Crippen LogP contribution is 2.26. The molecule has 1 aromatic heterocycles. The topological polar surface area (TPSA) is 60.9 Å². The van der Waals surface area contributed by atoms with Gasteiger partial charge in [0.25, 0.3) is 0 Å². The lowest BCUT2D eigenvalue weighted by Crippen LogP contribution is -2.54. The average molecular weight is 478 g/mol. The second kappa shape index (κ2) is 8.88. The summed E-state index contributed by atoms with van der Waals surface area (Å²) < 4.78 is 6.54. The van der Waals surface area contributed by atoms with E-state index in [1.165, 1.54) is 0 Å². The maximum absolute atomic E-state index is 12.4. The molecule has 0 bridgehead atoms. The Kier molecular flexibility index (Phi) is 6.65. The fraction of sp³-hybridized carbons (Fsp3) is 0.545. The molecule has 164 valence electrons. The Balaban J connectivity index is 1.62. The number of nitrogens with one attached hydrogen (secondary N) is 1. The second-order valence-electron chi connectivity index (χ2n) is 8.95. The van der Waals surface area contributed by atoms with Crippen LogP contribution in [0.3, 0.4) is 0 Å². The molecule has 1 fully saturated rings. The number of rotatable bonds is 3. The number of carbonyl (C=O) groups excluding carboxylic acids is 1. The number of carbonyl (C=O) groups is 1. The van der Waals surface area contributed by atoms with E-state index in [1.54, 1.807) is 4.90 Å². The van der Waals surface area contributed by atoms with Crippen molar-refractivity contribution in [2.24, 2.45) is 0 Å². The van der Waals surface area contributed by atoms with Gasteiger partial charge in [0.1, 0.15) is 11.4 Å².